The molecule has 0 saturated carbocycles. The lowest BCUT2D eigenvalue weighted by Gasteiger charge is -2.08. The van der Waals surface area contributed by atoms with Crippen LogP contribution in [-0.4, -0.2) is 16.2 Å². The lowest BCUT2D eigenvalue weighted by atomic mass is 10.1. The second-order valence-electron chi connectivity index (χ2n) is 4.97. The van der Waals surface area contributed by atoms with Gasteiger partial charge in [0.25, 0.3) is 5.56 Å². The number of hydrogen-bond donors (Lipinski definition) is 0. The highest BCUT2D eigenvalue weighted by Gasteiger charge is 2.01. The number of rotatable bonds is 5. The van der Waals surface area contributed by atoms with E-state index in [0.29, 0.717) is 18.9 Å². The molecule has 0 amide bonds. The number of ether oxygens (including phenoxy) is 1. The molecule has 23 heavy (non-hydrogen) atoms. The first-order valence-corrected chi connectivity index (χ1v) is 7.23. The fourth-order valence-corrected chi connectivity index (χ4v) is 2.16. The van der Waals surface area contributed by atoms with Crippen molar-refractivity contribution in [3.8, 4) is 17.0 Å². The molecule has 4 nitrogen and oxygen atoms in total. The molecule has 3 rings (SSSR count). The first-order valence-electron chi connectivity index (χ1n) is 7.23. The summed E-state index contributed by atoms with van der Waals surface area (Å²) < 4.78 is 20.1. The highest BCUT2D eigenvalue weighted by Crippen LogP contribution is 2.19. The second kappa shape index (κ2) is 6.87. The fraction of sp³-hybridized carbons (Fsp3) is 0.111. The minimum absolute atomic E-state index is 0.0547. The van der Waals surface area contributed by atoms with Gasteiger partial charge in [0, 0.05) is 17.8 Å². The zero-order valence-corrected chi connectivity index (χ0v) is 12.4. The third-order valence-corrected chi connectivity index (χ3v) is 3.38. The van der Waals surface area contributed by atoms with E-state index in [-0.39, 0.29) is 11.4 Å². The predicted molar refractivity (Wildman–Crippen MR) is 85.8 cm³/mol. The standard InChI is InChI=1S/C18H15FN2O2/c19-15-6-4-14(5-7-15)17-9-8-16(13-20-17)23-12-11-21-10-2-1-3-18(21)22/h1-10,13H,11-12H2. The van der Waals surface area contributed by atoms with E-state index in [1.807, 2.05) is 6.07 Å². The normalized spacial score (nSPS) is 10.5. The number of aromatic nitrogens is 2. The fourth-order valence-electron chi connectivity index (χ4n) is 2.16. The van der Waals surface area contributed by atoms with Crippen molar-refractivity contribution in [2.45, 2.75) is 6.54 Å². The van der Waals surface area contributed by atoms with Gasteiger partial charge in [0.2, 0.25) is 0 Å². The van der Waals surface area contributed by atoms with Crippen molar-refractivity contribution >= 4 is 0 Å². The summed E-state index contributed by atoms with van der Waals surface area (Å²) in [4.78, 5) is 15.9. The number of nitrogens with zero attached hydrogens (tertiary/aromatic N) is 2. The smallest absolute Gasteiger partial charge is 0.250 e. The minimum atomic E-state index is -0.273. The summed E-state index contributed by atoms with van der Waals surface area (Å²) in [6, 6.07) is 14.8. The van der Waals surface area contributed by atoms with Crippen molar-refractivity contribution in [2.24, 2.45) is 0 Å². The maximum atomic E-state index is 12.9. The van der Waals surface area contributed by atoms with Crippen LogP contribution in [0.4, 0.5) is 4.39 Å². The van der Waals surface area contributed by atoms with Crippen LogP contribution >= 0.6 is 0 Å². The molecule has 0 aliphatic rings. The van der Waals surface area contributed by atoms with Gasteiger partial charge in [0.1, 0.15) is 18.2 Å². The number of benzene rings is 1. The van der Waals surface area contributed by atoms with E-state index in [0.717, 1.165) is 11.3 Å². The molecule has 0 N–H and O–H groups in total. The van der Waals surface area contributed by atoms with Gasteiger partial charge in [-0.25, -0.2) is 4.39 Å². The Morgan fingerprint density at radius 1 is 1.04 bits per heavy atom. The molecule has 116 valence electrons. The van der Waals surface area contributed by atoms with Crippen LogP contribution in [0, 0.1) is 5.82 Å². The molecule has 0 fully saturated rings. The molecular formula is C18H15FN2O2. The number of halogens is 1. The van der Waals surface area contributed by atoms with Crippen LogP contribution in [0.1, 0.15) is 0 Å². The summed E-state index contributed by atoms with van der Waals surface area (Å²) in [5, 5.41) is 0. The van der Waals surface area contributed by atoms with Crippen molar-refractivity contribution < 1.29 is 9.13 Å². The Labute approximate surface area is 132 Å². The molecule has 0 unspecified atom stereocenters. The number of hydrogen-bond acceptors (Lipinski definition) is 3. The van der Waals surface area contributed by atoms with Crippen LogP contribution in [0.2, 0.25) is 0 Å². The van der Waals surface area contributed by atoms with Crippen LogP contribution in [0.3, 0.4) is 0 Å². The molecule has 0 bridgehead atoms. The average Bonchev–Trinajstić information content (AvgIpc) is 2.58. The molecule has 2 aromatic heterocycles. The molecule has 2 heterocycles. The molecule has 0 radical (unpaired) electrons. The Bertz CT molecular complexity index is 827. The Morgan fingerprint density at radius 2 is 1.87 bits per heavy atom. The van der Waals surface area contributed by atoms with Gasteiger partial charge in [-0.3, -0.25) is 9.78 Å². The highest BCUT2D eigenvalue weighted by atomic mass is 19.1. The molecule has 0 atom stereocenters. The monoisotopic (exact) mass is 310 g/mol. The van der Waals surface area contributed by atoms with Gasteiger partial charge in [-0.15, -0.1) is 0 Å². The van der Waals surface area contributed by atoms with Crippen LogP contribution in [0.5, 0.6) is 5.75 Å². The van der Waals surface area contributed by atoms with Crippen molar-refractivity contribution in [3.05, 3.63) is 83.2 Å². The summed E-state index contributed by atoms with van der Waals surface area (Å²) in [7, 11) is 0. The third kappa shape index (κ3) is 3.83. The van der Waals surface area contributed by atoms with Crippen LogP contribution < -0.4 is 10.3 Å². The summed E-state index contributed by atoms with van der Waals surface area (Å²) in [6.45, 7) is 0.848. The van der Waals surface area contributed by atoms with Crippen LogP contribution in [0.15, 0.2) is 71.8 Å². The topological polar surface area (TPSA) is 44.1 Å². The SMILES string of the molecule is O=c1ccccn1CCOc1ccc(-c2ccc(F)cc2)nc1. The summed E-state index contributed by atoms with van der Waals surface area (Å²) in [5.41, 5.74) is 1.53. The van der Waals surface area contributed by atoms with Crippen molar-refractivity contribution in [3.63, 3.8) is 0 Å². The molecule has 0 aliphatic carbocycles. The zero-order valence-electron chi connectivity index (χ0n) is 12.4. The van der Waals surface area contributed by atoms with Gasteiger partial charge < -0.3 is 9.30 Å². The molecular weight excluding hydrogens is 295 g/mol. The zero-order chi connectivity index (χ0) is 16.1. The van der Waals surface area contributed by atoms with Gasteiger partial charge in [-0.05, 0) is 42.5 Å². The van der Waals surface area contributed by atoms with Gasteiger partial charge in [-0.2, -0.15) is 0 Å². The minimum Gasteiger partial charge on any atom is -0.490 e. The maximum absolute atomic E-state index is 12.9. The van der Waals surface area contributed by atoms with Crippen molar-refractivity contribution in [1.29, 1.82) is 0 Å². The molecule has 5 heteroatoms. The first-order chi connectivity index (χ1) is 11.2. The Morgan fingerprint density at radius 3 is 2.57 bits per heavy atom. The van der Waals surface area contributed by atoms with Gasteiger partial charge in [-0.1, -0.05) is 6.07 Å². The second-order valence-corrected chi connectivity index (χ2v) is 4.97. The van der Waals surface area contributed by atoms with E-state index >= 15 is 0 Å². The highest BCUT2D eigenvalue weighted by molar-refractivity contribution is 5.59. The van der Waals surface area contributed by atoms with E-state index in [2.05, 4.69) is 4.98 Å². The number of pyridine rings is 2. The quantitative estimate of drug-likeness (QED) is 0.727. The van der Waals surface area contributed by atoms with Crippen molar-refractivity contribution in [1.82, 2.24) is 9.55 Å². The van der Waals surface area contributed by atoms with E-state index < -0.39 is 0 Å². The van der Waals surface area contributed by atoms with Crippen LogP contribution in [-0.2, 0) is 6.54 Å². The first kappa shape index (κ1) is 15.0. The molecule has 0 spiro atoms. The summed E-state index contributed by atoms with van der Waals surface area (Å²) >= 11 is 0. The maximum Gasteiger partial charge on any atom is 0.250 e. The van der Waals surface area contributed by atoms with Gasteiger partial charge >= 0.3 is 0 Å². The van der Waals surface area contributed by atoms with E-state index in [1.165, 1.54) is 18.2 Å². The van der Waals surface area contributed by atoms with Gasteiger partial charge in [0.15, 0.2) is 0 Å². The summed E-state index contributed by atoms with van der Waals surface area (Å²) in [5.74, 6) is 0.352. The van der Waals surface area contributed by atoms with E-state index in [9.17, 15) is 9.18 Å². The lowest BCUT2D eigenvalue weighted by Crippen LogP contribution is -2.21. The average molecular weight is 310 g/mol. The molecule has 0 aliphatic heterocycles. The molecule has 3 aromatic rings. The Hall–Kier alpha value is -2.95. The predicted octanol–water partition coefficient (Wildman–Crippen LogP) is 3.13. The van der Waals surface area contributed by atoms with E-state index in [4.69, 9.17) is 4.74 Å². The van der Waals surface area contributed by atoms with Gasteiger partial charge in [0.05, 0.1) is 18.4 Å². The Kier molecular flexibility index (Phi) is 4.47. The third-order valence-electron chi connectivity index (χ3n) is 3.38. The Balaban J connectivity index is 1.60. The largest absolute Gasteiger partial charge is 0.490 e. The van der Waals surface area contributed by atoms with Crippen molar-refractivity contribution in [2.75, 3.05) is 6.61 Å². The molecule has 0 saturated heterocycles. The van der Waals surface area contributed by atoms with Crippen LogP contribution in [0.25, 0.3) is 11.3 Å². The summed E-state index contributed by atoms with van der Waals surface area (Å²) in [6.07, 6.45) is 3.34. The van der Waals surface area contributed by atoms with E-state index in [1.54, 1.807) is 47.3 Å². The lowest BCUT2D eigenvalue weighted by molar-refractivity contribution is 0.295. The molecule has 1 aromatic carbocycles.